The van der Waals surface area contributed by atoms with E-state index in [0.29, 0.717) is 43.5 Å². The number of hydrogen-bond donors (Lipinski definition) is 23. The summed E-state index contributed by atoms with van der Waals surface area (Å²) in [4.78, 5) is 0. The Bertz CT molecular complexity index is 2570. The number of nitrogens with zero attached hydrogens (tertiary/aromatic N) is 6. The quantitative estimate of drug-likeness (QED) is 0.0389. The Hall–Kier alpha value is -3.12. The number of rotatable bonds is 26. The van der Waals surface area contributed by atoms with E-state index in [1.165, 1.54) is 9.36 Å². The third-order valence-corrected chi connectivity index (χ3v) is 19.9. The second-order valence-electron chi connectivity index (χ2n) is 26.8. The molecule has 2 aromatic heterocycles. The lowest BCUT2D eigenvalue weighted by molar-refractivity contribution is -0.317. The molecule has 2 aliphatic carbocycles. The minimum atomic E-state index is -1.69. The first-order chi connectivity index (χ1) is 46.2. The molecule has 0 amide bonds. The standard InChI is InChI=1S/C56H103N17O24/c1-17-33(74)36(77)24(9-57)86-51(17)92-45-22(63)7-20(61)34(75)49(45)96-55-43(84)47(94-53-31(66)41(82)38(79)26(11-59)88-53)28(90-55)15-72-13-18(68-70-72)5-3-2-4-6-19-14-73(71-69-19)16-29-48(95-54-32(67)42(83)39(80)27(12-60)89-54)44(85)56(91-29)97-50-35(76)21(62)8-23(64)46(50)93-52-30(65)40(81)37(78)25(10-58)87-52/h13-14,17,20-56,74-85H,2-12,15-16,57-67H2,1H3/t17?,20-,21-,22?,23?,24?,25?,26+,27+,28-,29-,30?,31?,32?,33-,34?,35?,36?,37?,38?,39?,40-,41?,42?,43?,44?,45?,46?,47+,48+,49-,50-,51-,52+,53-,54-,55+,56+/m1/s1. The molecular weight excluding hydrogens is 1290 g/mol. The van der Waals surface area contributed by atoms with E-state index in [1.807, 2.05) is 0 Å². The topological polar surface area (TPSA) is 701 Å². The lowest BCUT2D eigenvalue weighted by atomic mass is 9.84. The minimum Gasteiger partial charge on any atom is -0.390 e. The van der Waals surface area contributed by atoms with Crippen LogP contribution in [0.5, 0.6) is 0 Å². The Balaban J connectivity index is 0.774. The van der Waals surface area contributed by atoms with Crippen molar-refractivity contribution in [2.75, 3.05) is 26.2 Å². The number of aromatic nitrogens is 6. The van der Waals surface area contributed by atoms with Gasteiger partial charge in [-0.05, 0) is 38.5 Å². The van der Waals surface area contributed by atoms with Gasteiger partial charge >= 0.3 is 0 Å². The fraction of sp³-hybridized carbons (Fsp3) is 0.929. The van der Waals surface area contributed by atoms with Crippen molar-refractivity contribution >= 4 is 0 Å². The summed E-state index contributed by atoms with van der Waals surface area (Å²) in [7, 11) is 0. The van der Waals surface area contributed by atoms with Gasteiger partial charge in [-0.1, -0.05) is 23.8 Å². The highest BCUT2D eigenvalue weighted by atomic mass is 16.8. The van der Waals surface area contributed by atoms with Crippen LogP contribution < -0.4 is 63.1 Å². The van der Waals surface area contributed by atoms with Gasteiger partial charge in [0.05, 0.1) is 60.9 Å². The van der Waals surface area contributed by atoms with Crippen LogP contribution in [-0.2, 0) is 82.8 Å². The third-order valence-electron chi connectivity index (χ3n) is 19.9. The minimum absolute atomic E-state index is 0.0283. The second kappa shape index (κ2) is 33.1. The van der Waals surface area contributed by atoms with Gasteiger partial charge in [0.15, 0.2) is 37.7 Å². The Labute approximate surface area is 557 Å². The summed E-state index contributed by atoms with van der Waals surface area (Å²) in [6.45, 7) is 0.537. The molecule has 97 heavy (non-hydrogen) atoms. The van der Waals surface area contributed by atoms with E-state index in [9.17, 15) is 61.3 Å². The largest absolute Gasteiger partial charge is 0.390 e. The number of ether oxygens (including phenoxy) is 12. The molecule has 8 aliphatic rings. The fourth-order valence-electron chi connectivity index (χ4n) is 13.9. The van der Waals surface area contributed by atoms with Crippen LogP contribution in [-0.4, -0.2) is 344 Å². The Morgan fingerprint density at radius 3 is 1.03 bits per heavy atom. The zero-order valence-corrected chi connectivity index (χ0v) is 53.6. The molecule has 0 radical (unpaired) electrons. The molecule has 6 saturated heterocycles. The smallest absolute Gasteiger partial charge is 0.187 e. The number of hydrogen-bond acceptors (Lipinski definition) is 39. The summed E-state index contributed by atoms with van der Waals surface area (Å²) >= 11 is 0. The summed E-state index contributed by atoms with van der Waals surface area (Å²) in [6, 6.07) is -7.66. The maximum Gasteiger partial charge on any atom is 0.187 e. The summed E-state index contributed by atoms with van der Waals surface area (Å²) < 4.78 is 76.9. The van der Waals surface area contributed by atoms with Crippen LogP contribution in [0.2, 0.25) is 0 Å². The highest BCUT2D eigenvalue weighted by Crippen LogP contribution is 2.39. The molecule has 2 saturated carbocycles. The molecule has 38 atom stereocenters. The van der Waals surface area contributed by atoms with Crippen LogP contribution in [0, 0.1) is 5.92 Å². The molecule has 10 rings (SSSR count). The van der Waals surface area contributed by atoms with Crippen LogP contribution >= 0.6 is 0 Å². The molecule has 41 nitrogen and oxygen atoms in total. The van der Waals surface area contributed by atoms with Gasteiger partial charge in [0.2, 0.25) is 0 Å². The summed E-state index contributed by atoms with van der Waals surface area (Å²) in [5.74, 6) is -0.801. The van der Waals surface area contributed by atoms with E-state index >= 15 is 0 Å². The maximum atomic E-state index is 12.0. The summed E-state index contributed by atoms with van der Waals surface area (Å²) in [6.07, 6.45) is -34.7. The molecule has 0 aromatic carbocycles. The van der Waals surface area contributed by atoms with Crippen LogP contribution in [0.1, 0.15) is 50.4 Å². The predicted molar refractivity (Wildman–Crippen MR) is 325 cm³/mol. The maximum absolute atomic E-state index is 12.0. The van der Waals surface area contributed by atoms with Crippen molar-refractivity contribution in [1.82, 2.24) is 30.0 Å². The van der Waals surface area contributed by atoms with Crippen LogP contribution in [0.15, 0.2) is 12.4 Å². The lowest BCUT2D eigenvalue weighted by Gasteiger charge is -2.47. The molecule has 34 N–H and O–H groups in total. The number of aliphatic hydroxyl groups excluding tert-OH is 12. The normalized spacial score (nSPS) is 48.4. The highest BCUT2D eigenvalue weighted by Gasteiger charge is 2.58. The SMILES string of the molecule is CC1[C@@H](OC2C(N)C[C@@H](N)C(O)[C@H]2O[C@@H]2O[C@H](Cn3cc(CCCCCc4cn(C[C@H]5O[C@@H](O[C@H]6C(O[C@@H]7OC(CN)C(O)[C@H](O)C7N)C(N)C[C@@H](N)C6O)C(O)[C@H]5O[C@H]5O[C@@H](CN)C(O)C(O)C5N)nn4)nn3)[C@H](O[C@H]3O[C@@H](CN)C(O)C(O)C3N)C2O)OC(CN)C(O)[C@@H]1O. The molecule has 8 fully saturated rings. The Morgan fingerprint density at radius 1 is 0.361 bits per heavy atom. The van der Waals surface area contributed by atoms with Gasteiger partial charge in [-0.2, -0.15) is 0 Å². The van der Waals surface area contributed by atoms with E-state index in [1.54, 1.807) is 19.3 Å². The molecule has 8 heterocycles. The number of unbranched alkanes of at least 4 members (excludes halogenated alkanes) is 2. The first-order valence-corrected chi connectivity index (χ1v) is 33.1. The lowest BCUT2D eigenvalue weighted by Crippen LogP contribution is -2.68. The molecule has 20 unspecified atom stereocenters. The van der Waals surface area contributed by atoms with Crippen LogP contribution in [0.4, 0.5) is 0 Å². The van der Waals surface area contributed by atoms with Crippen molar-refractivity contribution in [3.05, 3.63) is 23.8 Å². The molecule has 0 spiro atoms. The molecular formula is C56H103N17O24. The van der Waals surface area contributed by atoms with E-state index in [-0.39, 0.29) is 52.1 Å². The zero-order chi connectivity index (χ0) is 70.2. The molecule has 41 heteroatoms. The molecule has 6 aliphatic heterocycles. The van der Waals surface area contributed by atoms with Crippen LogP contribution in [0.3, 0.4) is 0 Å². The van der Waals surface area contributed by atoms with Crippen molar-refractivity contribution < 1.29 is 118 Å². The molecule has 2 aromatic rings. The summed E-state index contributed by atoms with van der Waals surface area (Å²) in [5.41, 5.74) is 69.2. The van der Waals surface area contributed by atoms with Gasteiger partial charge in [-0.25, -0.2) is 9.36 Å². The van der Waals surface area contributed by atoms with Crippen LogP contribution in [0.25, 0.3) is 0 Å². The molecule has 0 bridgehead atoms. The number of aryl methyl sites for hydroxylation is 2. The average Bonchev–Trinajstić information content (AvgIpc) is 1.77. The Morgan fingerprint density at radius 2 is 0.670 bits per heavy atom. The second-order valence-corrected chi connectivity index (χ2v) is 26.8. The zero-order valence-electron chi connectivity index (χ0n) is 53.6. The van der Waals surface area contributed by atoms with E-state index in [4.69, 9.17) is 120 Å². The number of aliphatic hydroxyl groups is 12. The summed E-state index contributed by atoms with van der Waals surface area (Å²) in [5, 5.41) is 150. The van der Waals surface area contributed by atoms with Crippen molar-refractivity contribution in [2.45, 2.75) is 291 Å². The van der Waals surface area contributed by atoms with Gasteiger partial charge in [0.25, 0.3) is 0 Å². The van der Waals surface area contributed by atoms with E-state index in [2.05, 4.69) is 20.6 Å². The van der Waals surface area contributed by atoms with E-state index in [0.717, 1.165) is 0 Å². The predicted octanol–water partition coefficient (Wildman–Crippen LogP) is -14.6. The highest BCUT2D eigenvalue weighted by molar-refractivity contribution is 5.06. The van der Waals surface area contributed by atoms with E-state index < -0.39 is 232 Å². The monoisotopic (exact) mass is 1400 g/mol. The fourth-order valence-corrected chi connectivity index (χ4v) is 13.9. The van der Waals surface area contributed by atoms with Gasteiger partial charge in [-0.15, -0.1) is 10.2 Å². The van der Waals surface area contributed by atoms with Gasteiger partial charge in [-0.3, -0.25) is 0 Å². The van der Waals surface area contributed by atoms with Gasteiger partial charge < -0.3 is 181 Å². The van der Waals surface area contributed by atoms with Crippen molar-refractivity contribution in [1.29, 1.82) is 0 Å². The average molecular weight is 1400 g/mol. The van der Waals surface area contributed by atoms with Crippen molar-refractivity contribution in [2.24, 2.45) is 69.0 Å². The molecule has 556 valence electrons. The third kappa shape index (κ3) is 16.6. The van der Waals surface area contributed by atoms with Gasteiger partial charge in [0.1, 0.15) is 128 Å². The first kappa shape index (κ1) is 76.5. The Kier molecular flexibility index (Phi) is 26.1. The first-order valence-electron chi connectivity index (χ1n) is 33.1. The van der Waals surface area contributed by atoms with Crippen molar-refractivity contribution in [3.8, 4) is 0 Å². The number of nitrogens with two attached hydrogens (primary N) is 11. The van der Waals surface area contributed by atoms with Crippen molar-refractivity contribution in [3.63, 3.8) is 0 Å². The van der Waals surface area contributed by atoms with Gasteiger partial charge in [0, 0.05) is 68.7 Å².